The van der Waals surface area contributed by atoms with Crippen LogP contribution in [0.1, 0.15) is 33.6 Å². The van der Waals surface area contributed by atoms with E-state index in [4.69, 9.17) is 0 Å². The van der Waals surface area contributed by atoms with Crippen molar-refractivity contribution in [2.75, 3.05) is 0 Å². The van der Waals surface area contributed by atoms with E-state index in [0.717, 1.165) is 24.7 Å². The lowest BCUT2D eigenvalue weighted by Crippen LogP contribution is -1.80. The summed E-state index contributed by atoms with van der Waals surface area (Å²) in [6.07, 6.45) is 6.64. The van der Waals surface area contributed by atoms with E-state index in [0.29, 0.717) is 0 Å². The molecule has 0 rings (SSSR count). The minimum Gasteiger partial charge on any atom is -0.299 e. The van der Waals surface area contributed by atoms with Crippen molar-refractivity contribution < 1.29 is 4.79 Å². The largest absolute Gasteiger partial charge is 0.299 e. The Morgan fingerprint density at radius 2 is 1.73 bits per heavy atom. The minimum absolute atomic E-state index is 0.848. The van der Waals surface area contributed by atoms with Gasteiger partial charge in [0.05, 0.1) is 0 Å². The van der Waals surface area contributed by atoms with Gasteiger partial charge >= 0.3 is 0 Å². The first kappa shape index (κ1) is 10.2. The second-order valence-corrected chi connectivity index (χ2v) is 2.78. The van der Waals surface area contributed by atoms with Gasteiger partial charge < -0.3 is 0 Å². The molecule has 0 aliphatic heterocycles. The summed E-state index contributed by atoms with van der Waals surface area (Å²) >= 11 is 0. The van der Waals surface area contributed by atoms with Crippen molar-refractivity contribution in [1.82, 2.24) is 0 Å². The van der Waals surface area contributed by atoms with Gasteiger partial charge in [0.2, 0.25) is 0 Å². The quantitative estimate of drug-likeness (QED) is 0.344. The van der Waals surface area contributed by atoms with E-state index in [1.54, 1.807) is 6.08 Å². The van der Waals surface area contributed by atoms with Crippen LogP contribution < -0.4 is 0 Å². The monoisotopic (exact) mass is 152 g/mol. The third-order valence-electron chi connectivity index (χ3n) is 1.76. The Kier molecular flexibility index (Phi) is 5.44. The Labute approximate surface area is 68.8 Å². The summed E-state index contributed by atoms with van der Waals surface area (Å²) in [7, 11) is 0. The van der Waals surface area contributed by atoms with Crippen LogP contribution in [0, 0.1) is 0 Å². The Morgan fingerprint density at radius 1 is 1.18 bits per heavy atom. The molecule has 1 heteroatoms. The second kappa shape index (κ2) is 5.90. The van der Waals surface area contributed by atoms with Crippen LogP contribution in [0.15, 0.2) is 23.3 Å². The van der Waals surface area contributed by atoms with E-state index in [2.05, 4.69) is 13.0 Å². The number of carbonyl (C=O) groups is 1. The molecule has 0 aromatic rings. The second-order valence-electron chi connectivity index (χ2n) is 2.78. The van der Waals surface area contributed by atoms with Gasteiger partial charge in [-0.1, -0.05) is 17.2 Å². The van der Waals surface area contributed by atoms with Crippen molar-refractivity contribution in [2.45, 2.75) is 33.6 Å². The van der Waals surface area contributed by atoms with Crippen LogP contribution in [0.2, 0.25) is 0 Å². The Balaban J connectivity index is 3.70. The summed E-state index contributed by atoms with van der Waals surface area (Å²) in [6, 6.07) is 0. The summed E-state index contributed by atoms with van der Waals surface area (Å²) in [5.74, 6) is 0. The van der Waals surface area contributed by atoms with Crippen molar-refractivity contribution in [3.63, 3.8) is 0 Å². The molecule has 0 aliphatic carbocycles. The molecule has 0 radical (unpaired) electrons. The Morgan fingerprint density at radius 3 is 2.18 bits per heavy atom. The molecule has 62 valence electrons. The maximum atomic E-state index is 10.0. The topological polar surface area (TPSA) is 17.1 Å². The maximum absolute atomic E-state index is 10.0. The van der Waals surface area contributed by atoms with Crippen molar-refractivity contribution in [3.05, 3.63) is 23.3 Å². The number of aldehydes is 1. The van der Waals surface area contributed by atoms with E-state index in [1.807, 2.05) is 13.8 Å². The molecular weight excluding hydrogens is 136 g/mol. The van der Waals surface area contributed by atoms with E-state index < -0.39 is 0 Å². The molecule has 0 N–H and O–H groups in total. The number of rotatable bonds is 4. The molecular formula is C10H16O. The summed E-state index contributed by atoms with van der Waals surface area (Å²) in [4.78, 5) is 10.0. The minimum atomic E-state index is 0.848. The van der Waals surface area contributed by atoms with Gasteiger partial charge in [-0.2, -0.15) is 0 Å². The first-order valence-corrected chi connectivity index (χ1v) is 3.93. The summed E-state index contributed by atoms with van der Waals surface area (Å²) in [5.41, 5.74) is 2.53. The van der Waals surface area contributed by atoms with Gasteiger partial charge in [0.1, 0.15) is 6.29 Å². The predicted molar refractivity (Wildman–Crippen MR) is 48.5 cm³/mol. The van der Waals surface area contributed by atoms with Gasteiger partial charge in [0.15, 0.2) is 0 Å². The first-order chi connectivity index (χ1) is 5.20. The normalized spacial score (nSPS) is 13.4. The molecule has 0 atom stereocenters. The smallest absolute Gasteiger partial charge is 0.142 e. The highest BCUT2D eigenvalue weighted by atomic mass is 16.1. The van der Waals surface area contributed by atoms with E-state index in [1.165, 1.54) is 5.57 Å². The van der Waals surface area contributed by atoms with Crippen LogP contribution in [0.4, 0.5) is 0 Å². The van der Waals surface area contributed by atoms with Crippen LogP contribution in [0.5, 0.6) is 0 Å². The van der Waals surface area contributed by atoms with Crippen molar-refractivity contribution in [3.8, 4) is 0 Å². The zero-order chi connectivity index (χ0) is 8.69. The molecule has 0 saturated carbocycles. The Hall–Kier alpha value is -0.850. The molecule has 0 heterocycles. The molecule has 0 bridgehead atoms. The highest BCUT2D eigenvalue weighted by Crippen LogP contribution is 2.09. The summed E-state index contributed by atoms with van der Waals surface area (Å²) in [5, 5.41) is 0. The molecule has 0 aromatic carbocycles. The average Bonchev–Trinajstić information content (AvgIpc) is 2.01. The van der Waals surface area contributed by atoms with Crippen molar-refractivity contribution in [2.24, 2.45) is 0 Å². The van der Waals surface area contributed by atoms with Crippen molar-refractivity contribution in [1.29, 1.82) is 0 Å². The van der Waals surface area contributed by atoms with Crippen LogP contribution in [0.25, 0.3) is 0 Å². The average molecular weight is 152 g/mol. The zero-order valence-electron chi connectivity index (χ0n) is 7.55. The SMILES string of the molecule is C/C=C(\C)CC/C(C)=C/C=O. The molecule has 0 amide bonds. The fourth-order valence-electron chi connectivity index (χ4n) is 0.738. The van der Waals surface area contributed by atoms with Crippen LogP contribution in [-0.4, -0.2) is 6.29 Å². The van der Waals surface area contributed by atoms with E-state index >= 15 is 0 Å². The third-order valence-corrected chi connectivity index (χ3v) is 1.76. The Bertz CT molecular complexity index is 175. The van der Waals surface area contributed by atoms with Gasteiger partial charge in [-0.05, 0) is 39.7 Å². The molecule has 1 nitrogen and oxygen atoms in total. The van der Waals surface area contributed by atoms with Crippen LogP contribution >= 0.6 is 0 Å². The van der Waals surface area contributed by atoms with Crippen LogP contribution in [0.3, 0.4) is 0 Å². The molecule has 0 aromatic heterocycles. The zero-order valence-corrected chi connectivity index (χ0v) is 7.55. The number of allylic oxidation sites excluding steroid dienone is 4. The van der Waals surface area contributed by atoms with Crippen molar-refractivity contribution >= 4 is 6.29 Å². The fourth-order valence-corrected chi connectivity index (χ4v) is 0.738. The molecule has 0 unspecified atom stereocenters. The van der Waals surface area contributed by atoms with E-state index in [9.17, 15) is 4.79 Å². The summed E-state index contributed by atoms with van der Waals surface area (Å²) in [6.45, 7) is 6.12. The van der Waals surface area contributed by atoms with Gasteiger partial charge in [0, 0.05) is 0 Å². The highest BCUT2D eigenvalue weighted by molar-refractivity contribution is 5.65. The number of hydrogen-bond donors (Lipinski definition) is 0. The summed E-state index contributed by atoms with van der Waals surface area (Å²) < 4.78 is 0. The number of carbonyl (C=O) groups excluding carboxylic acids is 1. The first-order valence-electron chi connectivity index (χ1n) is 3.93. The lowest BCUT2D eigenvalue weighted by Gasteiger charge is -1.99. The molecule has 0 fully saturated rings. The van der Waals surface area contributed by atoms with Crippen LogP contribution in [-0.2, 0) is 4.79 Å². The standard InChI is InChI=1S/C10H16O/c1-4-9(2)5-6-10(3)7-8-11/h4,7-8H,5-6H2,1-3H3/b9-4+,10-7+. The third kappa shape index (κ3) is 5.59. The lowest BCUT2D eigenvalue weighted by atomic mass is 10.1. The molecule has 0 spiro atoms. The molecule has 0 aliphatic rings. The van der Waals surface area contributed by atoms with Gasteiger partial charge in [-0.3, -0.25) is 4.79 Å². The predicted octanol–water partition coefficient (Wildman–Crippen LogP) is 2.88. The highest BCUT2D eigenvalue weighted by Gasteiger charge is 1.90. The van der Waals surface area contributed by atoms with Gasteiger partial charge in [-0.15, -0.1) is 0 Å². The molecule has 0 saturated heterocycles. The van der Waals surface area contributed by atoms with E-state index in [-0.39, 0.29) is 0 Å². The maximum Gasteiger partial charge on any atom is 0.142 e. The molecule has 11 heavy (non-hydrogen) atoms. The van der Waals surface area contributed by atoms with Gasteiger partial charge in [0.25, 0.3) is 0 Å². The fraction of sp³-hybridized carbons (Fsp3) is 0.500. The number of hydrogen-bond acceptors (Lipinski definition) is 1. The lowest BCUT2D eigenvalue weighted by molar-refractivity contribution is -0.104. The van der Waals surface area contributed by atoms with Gasteiger partial charge in [-0.25, -0.2) is 0 Å².